The number of thioether (sulfide) groups is 2. The van der Waals surface area contributed by atoms with Gasteiger partial charge in [-0.25, -0.2) is 27.1 Å². The molecule has 0 aromatic heterocycles. The Morgan fingerprint density at radius 2 is 1.68 bits per heavy atom. The molecule has 0 aliphatic carbocycles. The number of nitrogens with two attached hydrogens (primary N) is 2. The highest BCUT2D eigenvalue weighted by Crippen LogP contribution is 2.16. The minimum atomic E-state index is -0.247. The molecule has 0 saturated carbocycles. The maximum atomic E-state index is 11.2. The minimum Gasteiger partial charge on any atom is -0.272 e. The molecule has 102 valence electrons. The topological polar surface area (TPSA) is 129 Å². The van der Waals surface area contributed by atoms with E-state index in [0.717, 1.165) is 10.0 Å². The molecule has 0 bridgehead atoms. The van der Waals surface area contributed by atoms with Crippen LogP contribution < -0.4 is 17.1 Å². The van der Waals surface area contributed by atoms with Crippen LogP contribution in [0, 0.1) is 0 Å². The summed E-state index contributed by atoms with van der Waals surface area (Å²) in [7, 11) is 0. The van der Waals surface area contributed by atoms with E-state index in [1.807, 2.05) is 0 Å². The summed E-state index contributed by atoms with van der Waals surface area (Å²) in [6.45, 7) is 0. The molecule has 0 unspecified atom stereocenters. The van der Waals surface area contributed by atoms with Gasteiger partial charge in [-0.3, -0.25) is 9.59 Å². The molecule has 2 aliphatic rings. The van der Waals surface area contributed by atoms with Crippen molar-refractivity contribution in [2.75, 3.05) is 11.5 Å². The number of thiocarbonyl (C=S) groups is 1. The van der Waals surface area contributed by atoms with E-state index in [1.165, 1.54) is 23.5 Å². The molecule has 0 spiro atoms. The van der Waals surface area contributed by atoms with E-state index in [1.54, 1.807) is 0 Å². The smallest absolute Gasteiger partial charge is 0.253 e. The first kappa shape index (κ1) is 14.2. The van der Waals surface area contributed by atoms with E-state index in [4.69, 9.17) is 23.9 Å². The Balaban J connectivity index is 1.96. The number of nitrogens with one attached hydrogen (secondary N) is 1. The molecule has 0 radical (unpaired) electrons. The number of carbonyl (C=O) groups is 2. The predicted octanol–water partition coefficient (Wildman–Crippen LogP) is -1.61. The molecular weight excluding hydrogens is 310 g/mol. The van der Waals surface area contributed by atoms with Crippen molar-refractivity contribution >= 4 is 63.0 Å². The van der Waals surface area contributed by atoms with E-state index < -0.39 is 0 Å². The van der Waals surface area contributed by atoms with Crippen molar-refractivity contribution in [1.82, 2.24) is 15.4 Å². The maximum absolute atomic E-state index is 11.2. The van der Waals surface area contributed by atoms with Gasteiger partial charge in [0.1, 0.15) is 0 Å². The third-order valence-electron chi connectivity index (χ3n) is 2.04. The zero-order valence-corrected chi connectivity index (χ0v) is 11.8. The monoisotopic (exact) mass is 319 g/mol. The van der Waals surface area contributed by atoms with Crippen LogP contribution in [0.1, 0.15) is 0 Å². The van der Waals surface area contributed by atoms with Crippen molar-refractivity contribution in [2.24, 2.45) is 21.8 Å². The molecule has 19 heavy (non-hydrogen) atoms. The van der Waals surface area contributed by atoms with Gasteiger partial charge in [-0.1, -0.05) is 23.5 Å². The number of rotatable bonds is 1. The summed E-state index contributed by atoms with van der Waals surface area (Å²) >= 11 is 7.28. The molecule has 2 rings (SSSR count). The van der Waals surface area contributed by atoms with E-state index in [0.29, 0.717) is 10.3 Å². The molecule has 2 aliphatic heterocycles. The number of carbonyl (C=O) groups excluding carboxylic acids is 2. The summed E-state index contributed by atoms with van der Waals surface area (Å²) in [6, 6.07) is 0. The molecule has 0 atom stereocenters. The summed E-state index contributed by atoms with van der Waals surface area (Å²) < 4.78 is 0. The largest absolute Gasteiger partial charge is 0.272 e. The first-order valence-corrected chi connectivity index (χ1v) is 7.24. The van der Waals surface area contributed by atoms with Gasteiger partial charge < -0.3 is 0 Å². The minimum absolute atomic E-state index is 0.0218. The Morgan fingerprint density at radius 1 is 1.16 bits per heavy atom. The van der Waals surface area contributed by atoms with Crippen molar-refractivity contribution < 1.29 is 9.59 Å². The molecular formula is C7H9N7O2S3. The Hall–Kier alpha value is -1.21. The number of amidine groups is 2. The van der Waals surface area contributed by atoms with Gasteiger partial charge in [0.05, 0.1) is 11.5 Å². The van der Waals surface area contributed by atoms with Gasteiger partial charge >= 0.3 is 0 Å². The lowest BCUT2D eigenvalue weighted by molar-refractivity contribution is -0.125. The predicted molar refractivity (Wildman–Crippen MR) is 77.6 cm³/mol. The van der Waals surface area contributed by atoms with Gasteiger partial charge in [-0.05, 0) is 12.2 Å². The lowest BCUT2D eigenvalue weighted by atomic mass is 10.7. The average Bonchev–Trinajstić information content (AvgIpc) is 2.86. The fraction of sp³-hybridized carbons (Fsp3) is 0.286. The maximum Gasteiger partial charge on any atom is 0.253 e. The fourth-order valence-corrected chi connectivity index (χ4v) is 2.84. The van der Waals surface area contributed by atoms with E-state index in [2.05, 4.69) is 15.5 Å². The van der Waals surface area contributed by atoms with Crippen molar-refractivity contribution in [1.29, 1.82) is 0 Å². The Kier molecular flexibility index (Phi) is 4.36. The van der Waals surface area contributed by atoms with Crippen molar-refractivity contribution in [3.63, 3.8) is 0 Å². The van der Waals surface area contributed by atoms with Crippen LogP contribution in [0.2, 0.25) is 0 Å². The second kappa shape index (κ2) is 5.83. The summed E-state index contributed by atoms with van der Waals surface area (Å²) in [4.78, 5) is 26.2. The van der Waals surface area contributed by atoms with Crippen LogP contribution in [-0.4, -0.2) is 48.8 Å². The van der Waals surface area contributed by atoms with E-state index in [-0.39, 0.29) is 28.4 Å². The summed E-state index contributed by atoms with van der Waals surface area (Å²) in [5, 5.41) is 6.32. The van der Waals surface area contributed by atoms with Crippen molar-refractivity contribution in [3.8, 4) is 0 Å². The summed E-state index contributed by atoms with van der Waals surface area (Å²) in [5.74, 6) is 10.9. The molecule has 5 N–H and O–H groups in total. The quantitative estimate of drug-likeness (QED) is 0.228. The first-order valence-electron chi connectivity index (χ1n) is 4.86. The molecule has 9 nitrogen and oxygen atoms in total. The number of hydrogen-bond donors (Lipinski definition) is 3. The van der Waals surface area contributed by atoms with Gasteiger partial charge in [0, 0.05) is 0 Å². The van der Waals surface area contributed by atoms with Crippen LogP contribution in [0.4, 0.5) is 0 Å². The van der Waals surface area contributed by atoms with Gasteiger partial charge in [0.15, 0.2) is 5.17 Å². The van der Waals surface area contributed by atoms with Crippen LogP contribution >= 0.6 is 35.7 Å². The van der Waals surface area contributed by atoms with E-state index >= 15 is 0 Å². The molecule has 2 saturated heterocycles. The Labute approximate surface area is 121 Å². The number of hydrazine groups is 2. The van der Waals surface area contributed by atoms with Gasteiger partial charge in [-0.15, -0.1) is 5.10 Å². The molecule has 2 heterocycles. The SMILES string of the molecule is NN1C(=O)CS/C1=N\NC(=S)/N=C1\SCC(=O)N1N. The highest BCUT2D eigenvalue weighted by Gasteiger charge is 2.27. The fourth-order valence-electron chi connectivity index (χ4n) is 1.12. The lowest BCUT2D eigenvalue weighted by Gasteiger charge is -2.09. The van der Waals surface area contributed by atoms with Crippen LogP contribution in [-0.2, 0) is 9.59 Å². The number of amides is 2. The zero-order chi connectivity index (χ0) is 14.0. The Morgan fingerprint density at radius 3 is 2.16 bits per heavy atom. The second-order valence-corrected chi connectivity index (χ2v) is 5.58. The van der Waals surface area contributed by atoms with Crippen LogP contribution in [0.25, 0.3) is 0 Å². The van der Waals surface area contributed by atoms with Gasteiger partial charge in [-0.2, -0.15) is 4.99 Å². The summed E-state index contributed by atoms with van der Waals surface area (Å²) in [5.41, 5.74) is 2.47. The molecule has 2 amide bonds. The third kappa shape index (κ3) is 3.22. The summed E-state index contributed by atoms with van der Waals surface area (Å²) in [6.07, 6.45) is 0. The molecule has 12 heteroatoms. The van der Waals surface area contributed by atoms with Crippen molar-refractivity contribution in [3.05, 3.63) is 0 Å². The molecule has 0 aromatic carbocycles. The number of aliphatic imine (C=N–C) groups is 1. The zero-order valence-electron chi connectivity index (χ0n) is 9.40. The highest BCUT2D eigenvalue weighted by molar-refractivity contribution is 8.15. The van der Waals surface area contributed by atoms with Gasteiger partial charge in [0.2, 0.25) is 10.3 Å². The third-order valence-corrected chi connectivity index (χ3v) is 4.10. The van der Waals surface area contributed by atoms with Crippen molar-refractivity contribution in [2.45, 2.75) is 0 Å². The number of hydrazone groups is 1. The Bertz CT molecular complexity index is 505. The normalized spacial score (nSPS) is 23.9. The molecule has 2 fully saturated rings. The van der Waals surface area contributed by atoms with Crippen LogP contribution in [0.3, 0.4) is 0 Å². The lowest BCUT2D eigenvalue weighted by Crippen LogP contribution is -2.38. The average molecular weight is 319 g/mol. The second-order valence-electron chi connectivity index (χ2n) is 3.31. The first-order chi connectivity index (χ1) is 8.99. The number of hydrogen-bond acceptors (Lipinski definition) is 8. The molecule has 0 aromatic rings. The van der Waals surface area contributed by atoms with E-state index in [9.17, 15) is 9.59 Å². The van der Waals surface area contributed by atoms with Crippen LogP contribution in [0.15, 0.2) is 10.1 Å². The van der Waals surface area contributed by atoms with Crippen LogP contribution in [0.5, 0.6) is 0 Å². The van der Waals surface area contributed by atoms with Gasteiger partial charge in [0.25, 0.3) is 11.8 Å². The number of nitrogens with zero attached hydrogens (tertiary/aromatic N) is 4. The highest BCUT2D eigenvalue weighted by atomic mass is 32.2. The standard InChI is InChI=1S/C7H9N7O2S3/c8-13-3(15)1-18-6(13)10-5(17)11-12-7-14(9)4(16)2-19-7/h1-2,8-9H2,(H,11,17)/b10-6-,12-7-.